The number of hydrogen-bond acceptors (Lipinski definition) is 1. The van der Waals surface area contributed by atoms with Crippen LogP contribution < -0.4 is 0 Å². The molecule has 2 rings (SSSR count). The molecule has 0 saturated heterocycles. The second-order valence-corrected chi connectivity index (χ2v) is 3.41. The summed E-state index contributed by atoms with van der Waals surface area (Å²) in [7, 11) is 0. The minimum absolute atomic E-state index is 0.630. The first kappa shape index (κ1) is 9.78. The van der Waals surface area contributed by atoms with Crippen LogP contribution in [-0.4, -0.2) is 0 Å². The average Bonchev–Trinajstić information content (AvgIpc) is 2.56. The molecule has 1 aliphatic rings. The highest BCUT2D eigenvalue weighted by atomic mass is 16.5. The van der Waals surface area contributed by atoms with Crippen molar-refractivity contribution in [2.75, 3.05) is 0 Å². The molecule has 0 amide bonds. The Morgan fingerprint density at radius 1 is 1.07 bits per heavy atom. The first-order valence-corrected chi connectivity index (χ1v) is 5.15. The Hall–Kier alpha value is -1.76. The van der Waals surface area contributed by atoms with Crippen molar-refractivity contribution in [2.45, 2.75) is 13.0 Å². The van der Waals surface area contributed by atoms with Crippen molar-refractivity contribution in [2.24, 2.45) is 0 Å². The smallest absolute Gasteiger partial charge is 0.119 e. The van der Waals surface area contributed by atoms with Crippen molar-refractivity contribution in [1.29, 1.82) is 0 Å². The predicted octanol–water partition coefficient (Wildman–Crippen LogP) is 3.60. The highest BCUT2D eigenvalue weighted by Crippen LogP contribution is 2.09. The molecular formula is C14H14O. The van der Waals surface area contributed by atoms with Gasteiger partial charge in [-0.05, 0) is 24.1 Å². The molecule has 0 saturated carbocycles. The maximum atomic E-state index is 5.67. The zero-order valence-corrected chi connectivity index (χ0v) is 8.60. The van der Waals surface area contributed by atoms with Crippen molar-refractivity contribution >= 4 is 0 Å². The predicted molar refractivity (Wildman–Crippen MR) is 62.2 cm³/mol. The van der Waals surface area contributed by atoms with Gasteiger partial charge in [-0.25, -0.2) is 0 Å². The Morgan fingerprint density at radius 3 is 2.80 bits per heavy atom. The third kappa shape index (κ3) is 3.13. The van der Waals surface area contributed by atoms with E-state index in [0.29, 0.717) is 6.61 Å². The molecule has 0 aromatic heterocycles. The fourth-order valence-corrected chi connectivity index (χ4v) is 1.40. The van der Waals surface area contributed by atoms with Gasteiger partial charge < -0.3 is 4.74 Å². The van der Waals surface area contributed by atoms with Crippen LogP contribution in [-0.2, 0) is 11.3 Å². The minimum Gasteiger partial charge on any atom is -0.489 e. The largest absolute Gasteiger partial charge is 0.489 e. The monoisotopic (exact) mass is 198 g/mol. The zero-order chi connectivity index (χ0) is 10.3. The van der Waals surface area contributed by atoms with Crippen LogP contribution in [0.1, 0.15) is 12.0 Å². The van der Waals surface area contributed by atoms with Crippen LogP contribution in [0.3, 0.4) is 0 Å². The molecule has 0 aliphatic heterocycles. The van der Waals surface area contributed by atoms with E-state index in [1.54, 1.807) is 0 Å². The minimum atomic E-state index is 0.630. The fraction of sp³-hybridized carbons (Fsp3) is 0.143. The van der Waals surface area contributed by atoms with Gasteiger partial charge in [0, 0.05) is 0 Å². The van der Waals surface area contributed by atoms with Crippen LogP contribution in [0.15, 0.2) is 66.5 Å². The first-order chi connectivity index (χ1) is 7.45. The number of hydrogen-bond donors (Lipinski definition) is 0. The van der Waals surface area contributed by atoms with Gasteiger partial charge in [0.25, 0.3) is 0 Å². The summed E-state index contributed by atoms with van der Waals surface area (Å²) in [5.41, 5.74) is 1.19. The Labute approximate surface area is 90.4 Å². The molecule has 1 nitrogen and oxygen atoms in total. The van der Waals surface area contributed by atoms with Crippen molar-refractivity contribution in [3.8, 4) is 0 Å². The summed E-state index contributed by atoms with van der Waals surface area (Å²) in [6, 6.07) is 10.2. The van der Waals surface area contributed by atoms with E-state index in [1.165, 1.54) is 5.56 Å². The first-order valence-electron chi connectivity index (χ1n) is 5.15. The summed E-state index contributed by atoms with van der Waals surface area (Å²) in [6.07, 6.45) is 11.2. The van der Waals surface area contributed by atoms with E-state index in [1.807, 2.05) is 36.4 Å². The molecule has 0 atom stereocenters. The van der Waals surface area contributed by atoms with Gasteiger partial charge in [0.1, 0.15) is 12.4 Å². The van der Waals surface area contributed by atoms with Crippen molar-refractivity contribution in [3.05, 3.63) is 72.0 Å². The van der Waals surface area contributed by atoms with Crippen molar-refractivity contribution < 1.29 is 4.74 Å². The molecule has 0 spiro atoms. The molecule has 0 bridgehead atoms. The molecule has 0 unspecified atom stereocenters. The van der Waals surface area contributed by atoms with Gasteiger partial charge in [0.15, 0.2) is 0 Å². The molecule has 0 fully saturated rings. The van der Waals surface area contributed by atoms with E-state index >= 15 is 0 Å². The number of allylic oxidation sites excluding steroid dienone is 5. The molecule has 1 aromatic carbocycles. The summed E-state index contributed by atoms with van der Waals surface area (Å²) >= 11 is 0. The van der Waals surface area contributed by atoms with Gasteiger partial charge in [-0.2, -0.15) is 0 Å². The SMILES string of the molecule is C1=CCC=CC(OCc2ccccc2)=C1. The third-order valence-corrected chi connectivity index (χ3v) is 2.20. The molecular weight excluding hydrogens is 184 g/mol. The van der Waals surface area contributed by atoms with E-state index in [9.17, 15) is 0 Å². The second-order valence-electron chi connectivity index (χ2n) is 3.41. The lowest BCUT2D eigenvalue weighted by atomic mass is 10.2. The van der Waals surface area contributed by atoms with Gasteiger partial charge in [0.05, 0.1) is 0 Å². The highest BCUT2D eigenvalue weighted by molar-refractivity contribution is 5.23. The van der Waals surface area contributed by atoms with Gasteiger partial charge in [-0.1, -0.05) is 48.6 Å². The molecule has 1 aromatic rings. The molecule has 0 heterocycles. The average molecular weight is 198 g/mol. The van der Waals surface area contributed by atoms with Crippen LogP contribution in [0.4, 0.5) is 0 Å². The van der Waals surface area contributed by atoms with E-state index < -0.39 is 0 Å². The standard InChI is InChI=1S/C14H14O/c1-2-7-11-14(10-6-1)15-12-13-8-4-3-5-9-13/h1,3-11H,2,12H2. The summed E-state index contributed by atoms with van der Waals surface area (Å²) in [5.74, 6) is 0.924. The Kier molecular flexibility index (Phi) is 3.39. The highest BCUT2D eigenvalue weighted by Gasteiger charge is 1.95. The van der Waals surface area contributed by atoms with E-state index in [2.05, 4.69) is 24.3 Å². The molecule has 76 valence electrons. The normalized spacial score (nSPS) is 14.5. The fourth-order valence-electron chi connectivity index (χ4n) is 1.40. The van der Waals surface area contributed by atoms with Crippen LogP contribution >= 0.6 is 0 Å². The molecule has 1 heteroatoms. The molecule has 15 heavy (non-hydrogen) atoms. The number of rotatable bonds is 3. The van der Waals surface area contributed by atoms with E-state index in [0.717, 1.165) is 12.2 Å². The summed E-state index contributed by atoms with van der Waals surface area (Å²) in [5, 5.41) is 0. The van der Waals surface area contributed by atoms with E-state index in [-0.39, 0.29) is 0 Å². The Balaban J connectivity index is 1.93. The summed E-state index contributed by atoms with van der Waals surface area (Å²) in [6.45, 7) is 0.630. The van der Waals surface area contributed by atoms with Gasteiger partial charge in [-0.3, -0.25) is 0 Å². The molecule has 0 N–H and O–H groups in total. The zero-order valence-electron chi connectivity index (χ0n) is 8.60. The lowest BCUT2D eigenvalue weighted by molar-refractivity contribution is 0.211. The quantitative estimate of drug-likeness (QED) is 0.721. The molecule has 0 radical (unpaired) electrons. The lowest BCUT2D eigenvalue weighted by Crippen LogP contribution is -1.90. The van der Waals surface area contributed by atoms with Crippen LogP contribution in [0, 0.1) is 0 Å². The van der Waals surface area contributed by atoms with Crippen LogP contribution in [0.2, 0.25) is 0 Å². The third-order valence-electron chi connectivity index (χ3n) is 2.20. The maximum absolute atomic E-state index is 5.67. The van der Waals surface area contributed by atoms with Crippen LogP contribution in [0.5, 0.6) is 0 Å². The Bertz CT molecular complexity index is 385. The van der Waals surface area contributed by atoms with Crippen molar-refractivity contribution in [1.82, 2.24) is 0 Å². The topological polar surface area (TPSA) is 9.23 Å². The van der Waals surface area contributed by atoms with E-state index in [4.69, 9.17) is 4.74 Å². The summed E-state index contributed by atoms with van der Waals surface area (Å²) < 4.78 is 5.67. The summed E-state index contributed by atoms with van der Waals surface area (Å²) in [4.78, 5) is 0. The lowest BCUT2D eigenvalue weighted by Gasteiger charge is -2.05. The van der Waals surface area contributed by atoms with Gasteiger partial charge in [0.2, 0.25) is 0 Å². The second kappa shape index (κ2) is 5.20. The van der Waals surface area contributed by atoms with Gasteiger partial charge in [-0.15, -0.1) is 0 Å². The number of benzene rings is 1. The van der Waals surface area contributed by atoms with Crippen molar-refractivity contribution in [3.63, 3.8) is 0 Å². The van der Waals surface area contributed by atoms with Crippen LogP contribution in [0.25, 0.3) is 0 Å². The number of ether oxygens (including phenoxy) is 1. The maximum Gasteiger partial charge on any atom is 0.119 e. The van der Waals surface area contributed by atoms with Gasteiger partial charge >= 0.3 is 0 Å². The molecule has 1 aliphatic carbocycles. The Morgan fingerprint density at radius 2 is 1.93 bits per heavy atom.